The highest BCUT2D eigenvalue weighted by Gasteiger charge is 2.25. The first-order valence-corrected chi connectivity index (χ1v) is 10.3. The average molecular weight is 376 g/mol. The number of hydrogen-bond acceptors (Lipinski definition) is 4. The van der Waals surface area contributed by atoms with Crippen molar-refractivity contribution in [3.8, 4) is 0 Å². The maximum absolute atomic E-state index is 5.73. The second-order valence-electron chi connectivity index (χ2n) is 7.00. The molecule has 0 saturated carbocycles. The van der Waals surface area contributed by atoms with Gasteiger partial charge in [0.1, 0.15) is 0 Å². The second-order valence-corrected chi connectivity index (χ2v) is 8.09. The lowest BCUT2D eigenvalue weighted by Crippen LogP contribution is -2.23. The van der Waals surface area contributed by atoms with Gasteiger partial charge in [-0.1, -0.05) is 36.0 Å². The molecule has 0 radical (unpaired) electrons. The first kappa shape index (κ1) is 18.1. The number of anilines is 2. The molecule has 138 valence electrons. The number of hydrogen-bond donors (Lipinski definition) is 1. The summed E-state index contributed by atoms with van der Waals surface area (Å²) in [5, 5.41) is 0. The lowest BCUT2D eigenvalue weighted by Gasteiger charge is -2.34. The zero-order valence-corrected chi connectivity index (χ0v) is 16.7. The monoisotopic (exact) mass is 375 g/mol. The smallest absolute Gasteiger partial charge is 0.0585 e. The van der Waals surface area contributed by atoms with Crippen molar-refractivity contribution >= 4 is 23.1 Å². The van der Waals surface area contributed by atoms with Crippen LogP contribution in [-0.4, -0.2) is 11.5 Å². The quantitative estimate of drug-likeness (QED) is 0.649. The van der Waals surface area contributed by atoms with Crippen LogP contribution in [0.25, 0.3) is 0 Å². The Hall–Kier alpha value is -2.30. The van der Waals surface area contributed by atoms with Gasteiger partial charge in [0, 0.05) is 28.6 Å². The van der Waals surface area contributed by atoms with Crippen LogP contribution in [0.15, 0.2) is 64.4 Å². The Kier molecular flexibility index (Phi) is 5.19. The van der Waals surface area contributed by atoms with E-state index in [4.69, 9.17) is 5.73 Å². The molecule has 0 bridgehead atoms. The minimum absolute atomic E-state index is 0.496. The molecule has 0 saturated heterocycles. The summed E-state index contributed by atoms with van der Waals surface area (Å²) in [6, 6.07) is 19.4. The molecule has 27 heavy (non-hydrogen) atoms. The number of benzene rings is 2. The van der Waals surface area contributed by atoms with E-state index >= 15 is 0 Å². The molecule has 1 aliphatic rings. The molecule has 0 spiro atoms. The second kappa shape index (κ2) is 7.75. The van der Waals surface area contributed by atoms with Crippen LogP contribution in [0.5, 0.6) is 0 Å². The van der Waals surface area contributed by atoms with Crippen LogP contribution in [0, 0.1) is 13.8 Å². The fourth-order valence-corrected chi connectivity index (χ4v) is 4.79. The minimum atomic E-state index is 0.496. The number of nitrogens with two attached hydrogens (primary N) is 1. The maximum atomic E-state index is 5.73. The van der Waals surface area contributed by atoms with Crippen molar-refractivity contribution in [2.45, 2.75) is 43.0 Å². The summed E-state index contributed by atoms with van der Waals surface area (Å²) in [5.74, 6) is 0. The van der Waals surface area contributed by atoms with Gasteiger partial charge in [-0.15, -0.1) is 0 Å². The van der Waals surface area contributed by atoms with E-state index in [1.165, 1.54) is 32.3 Å². The highest BCUT2D eigenvalue weighted by atomic mass is 32.2. The maximum Gasteiger partial charge on any atom is 0.0585 e. The van der Waals surface area contributed by atoms with Gasteiger partial charge in [0.05, 0.1) is 17.1 Å². The zero-order valence-electron chi connectivity index (χ0n) is 15.9. The highest BCUT2D eigenvalue weighted by Crippen LogP contribution is 2.49. The number of para-hydroxylation sites is 1. The summed E-state index contributed by atoms with van der Waals surface area (Å²) < 4.78 is 0. The van der Waals surface area contributed by atoms with Gasteiger partial charge in [0.25, 0.3) is 0 Å². The highest BCUT2D eigenvalue weighted by molar-refractivity contribution is 7.99. The molecular formula is C23H25N3S. The molecule has 2 N–H and O–H groups in total. The molecule has 1 aliphatic heterocycles. The molecule has 0 aliphatic carbocycles. The summed E-state index contributed by atoms with van der Waals surface area (Å²) in [6.45, 7) is 5.91. The van der Waals surface area contributed by atoms with Crippen molar-refractivity contribution < 1.29 is 0 Å². The van der Waals surface area contributed by atoms with E-state index in [0.717, 1.165) is 30.8 Å². The molecule has 0 amide bonds. The molecule has 2 aromatic carbocycles. The van der Waals surface area contributed by atoms with Crippen molar-refractivity contribution in [3.63, 3.8) is 0 Å². The van der Waals surface area contributed by atoms with Gasteiger partial charge in [-0.25, -0.2) is 0 Å². The molecule has 1 aromatic heterocycles. The largest absolute Gasteiger partial charge is 0.339 e. The Labute approximate surface area is 165 Å². The minimum Gasteiger partial charge on any atom is -0.339 e. The topological polar surface area (TPSA) is 42.1 Å². The summed E-state index contributed by atoms with van der Waals surface area (Å²) >= 11 is 1.88. The normalized spacial score (nSPS) is 12.6. The van der Waals surface area contributed by atoms with Crippen molar-refractivity contribution in [1.29, 1.82) is 0 Å². The van der Waals surface area contributed by atoms with Gasteiger partial charge in [-0.05, 0) is 68.1 Å². The zero-order chi connectivity index (χ0) is 18.8. The third-order valence-electron chi connectivity index (χ3n) is 5.20. The van der Waals surface area contributed by atoms with Gasteiger partial charge < -0.3 is 10.6 Å². The van der Waals surface area contributed by atoms with Crippen LogP contribution in [0.3, 0.4) is 0 Å². The van der Waals surface area contributed by atoms with Crippen LogP contribution in [-0.2, 0) is 13.0 Å². The molecule has 3 nitrogen and oxygen atoms in total. The average Bonchev–Trinajstić information content (AvgIpc) is 2.70. The molecular weight excluding hydrogens is 350 g/mol. The standard InChI is InChI=1S/C23H25N3S/c1-16-12-13-22-23(17(16)2)26(20-10-3-4-11-21(20)27-22)14-6-9-18-7-5-8-19(15-24)25-18/h3-5,7-8,10-13H,6,9,14-15,24H2,1-2H3. The molecule has 3 aromatic rings. The number of aryl methyl sites for hydroxylation is 2. The number of aromatic nitrogens is 1. The lowest BCUT2D eigenvalue weighted by atomic mass is 10.1. The van der Waals surface area contributed by atoms with Gasteiger partial charge in [-0.3, -0.25) is 4.98 Å². The number of pyridine rings is 1. The van der Waals surface area contributed by atoms with Crippen LogP contribution in [0.1, 0.15) is 28.9 Å². The van der Waals surface area contributed by atoms with E-state index in [1.807, 2.05) is 17.8 Å². The Morgan fingerprint density at radius 1 is 0.926 bits per heavy atom. The van der Waals surface area contributed by atoms with Crippen LogP contribution < -0.4 is 10.6 Å². The van der Waals surface area contributed by atoms with E-state index in [-0.39, 0.29) is 0 Å². The Balaban J connectivity index is 1.61. The summed E-state index contributed by atoms with van der Waals surface area (Å²) in [7, 11) is 0. The third kappa shape index (κ3) is 3.60. The van der Waals surface area contributed by atoms with E-state index in [2.05, 4.69) is 72.3 Å². The summed E-state index contributed by atoms with van der Waals surface area (Å²) in [6.07, 6.45) is 2.01. The SMILES string of the molecule is Cc1ccc2c(c1C)N(CCCc1cccc(CN)n1)c1ccccc1S2. The van der Waals surface area contributed by atoms with Gasteiger partial charge >= 0.3 is 0 Å². The molecule has 0 fully saturated rings. The number of fused-ring (bicyclic) bond motifs is 2. The molecule has 0 unspecified atom stereocenters. The van der Waals surface area contributed by atoms with E-state index in [0.29, 0.717) is 6.54 Å². The van der Waals surface area contributed by atoms with Gasteiger partial charge in [0.2, 0.25) is 0 Å². The summed E-state index contributed by atoms with van der Waals surface area (Å²) in [5.41, 5.74) is 13.2. The third-order valence-corrected chi connectivity index (χ3v) is 6.31. The molecule has 0 atom stereocenters. The fraction of sp³-hybridized carbons (Fsp3) is 0.261. The van der Waals surface area contributed by atoms with Crippen LogP contribution >= 0.6 is 11.8 Å². The van der Waals surface area contributed by atoms with Crippen molar-refractivity contribution in [2.75, 3.05) is 11.4 Å². The first-order chi connectivity index (χ1) is 13.2. The Morgan fingerprint density at radius 3 is 2.59 bits per heavy atom. The number of rotatable bonds is 5. The predicted molar refractivity (Wildman–Crippen MR) is 114 cm³/mol. The Morgan fingerprint density at radius 2 is 1.74 bits per heavy atom. The molecule has 2 heterocycles. The van der Waals surface area contributed by atoms with Crippen LogP contribution in [0.2, 0.25) is 0 Å². The van der Waals surface area contributed by atoms with Gasteiger partial charge in [0.15, 0.2) is 0 Å². The van der Waals surface area contributed by atoms with Gasteiger partial charge in [-0.2, -0.15) is 0 Å². The number of nitrogens with zero attached hydrogens (tertiary/aromatic N) is 2. The van der Waals surface area contributed by atoms with E-state index < -0.39 is 0 Å². The molecule has 4 rings (SSSR count). The van der Waals surface area contributed by atoms with Crippen molar-refractivity contribution in [2.24, 2.45) is 5.73 Å². The van der Waals surface area contributed by atoms with E-state index in [1.54, 1.807) is 0 Å². The lowest BCUT2D eigenvalue weighted by molar-refractivity contribution is 0.772. The van der Waals surface area contributed by atoms with E-state index in [9.17, 15) is 0 Å². The van der Waals surface area contributed by atoms with Crippen molar-refractivity contribution in [3.05, 3.63) is 77.1 Å². The Bertz CT molecular complexity index is 968. The summed E-state index contributed by atoms with van der Waals surface area (Å²) in [4.78, 5) is 9.82. The predicted octanol–water partition coefficient (Wildman–Crippen LogP) is 5.39. The first-order valence-electron chi connectivity index (χ1n) is 9.47. The fourth-order valence-electron chi connectivity index (χ4n) is 3.63. The van der Waals surface area contributed by atoms with Crippen LogP contribution in [0.4, 0.5) is 11.4 Å². The van der Waals surface area contributed by atoms with Crippen molar-refractivity contribution in [1.82, 2.24) is 4.98 Å². The molecule has 4 heteroatoms.